The van der Waals surface area contributed by atoms with Crippen molar-refractivity contribution in [2.75, 3.05) is 7.11 Å². The summed E-state index contributed by atoms with van der Waals surface area (Å²) < 4.78 is 23.7. The maximum absolute atomic E-state index is 13.1. The van der Waals surface area contributed by atoms with Gasteiger partial charge in [-0.1, -0.05) is 12.1 Å². The van der Waals surface area contributed by atoms with Crippen molar-refractivity contribution >= 4 is 11.9 Å². The first-order valence-corrected chi connectivity index (χ1v) is 6.05. The molecule has 0 N–H and O–H groups in total. The van der Waals surface area contributed by atoms with E-state index in [0.717, 1.165) is 0 Å². The minimum atomic E-state index is -0.357. The van der Waals surface area contributed by atoms with E-state index in [1.54, 1.807) is 30.3 Å². The fourth-order valence-electron chi connectivity index (χ4n) is 2.04. The van der Waals surface area contributed by atoms with Crippen molar-refractivity contribution in [3.05, 3.63) is 65.2 Å². The highest BCUT2D eigenvalue weighted by atomic mass is 19.1. The summed E-state index contributed by atoms with van der Waals surface area (Å²) in [5.74, 6) is 0.664. The van der Waals surface area contributed by atoms with Crippen LogP contribution in [0.25, 0.3) is 6.08 Å². The molecule has 1 heterocycles. The van der Waals surface area contributed by atoms with Crippen LogP contribution in [0.4, 0.5) is 4.39 Å². The molecule has 0 unspecified atom stereocenters. The van der Waals surface area contributed by atoms with E-state index in [1.165, 1.54) is 25.3 Å². The molecule has 0 amide bonds. The number of ketones is 1. The Morgan fingerprint density at radius 3 is 2.80 bits per heavy atom. The number of carbonyl (C=O) groups excluding carboxylic acids is 1. The standard InChI is InChI=1S/C16H11FO3/c1-19-12-5-6-14-13(9-12)16(18)15(20-14)8-10-3-2-4-11(17)7-10/h2-9H,1H3/b15-8+. The van der Waals surface area contributed by atoms with Crippen molar-refractivity contribution in [1.82, 2.24) is 0 Å². The normalized spacial score (nSPS) is 15.1. The Kier molecular flexibility index (Phi) is 2.99. The summed E-state index contributed by atoms with van der Waals surface area (Å²) in [4.78, 5) is 12.2. The van der Waals surface area contributed by atoms with Crippen molar-refractivity contribution in [1.29, 1.82) is 0 Å². The highest BCUT2D eigenvalue weighted by Crippen LogP contribution is 2.34. The fourth-order valence-corrected chi connectivity index (χ4v) is 2.04. The summed E-state index contributed by atoms with van der Waals surface area (Å²) in [5, 5.41) is 0. The van der Waals surface area contributed by atoms with Crippen molar-refractivity contribution in [2.45, 2.75) is 0 Å². The van der Waals surface area contributed by atoms with Crippen LogP contribution in [-0.4, -0.2) is 12.9 Å². The van der Waals surface area contributed by atoms with E-state index >= 15 is 0 Å². The first-order chi connectivity index (χ1) is 9.67. The number of allylic oxidation sites excluding steroid dienone is 1. The zero-order valence-corrected chi connectivity index (χ0v) is 10.7. The molecule has 0 fully saturated rings. The number of halogens is 1. The van der Waals surface area contributed by atoms with Gasteiger partial charge in [0.05, 0.1) is 12.7 Å². The molecule has 0 bridgehead atoms. The monoisotopic (exact) mass is 270 g/mol. The lowest BCUT2D eigenvalue weighted by molar-refractivity contribution is 0.101. The topological polar surface area (TPSA) is 35.5 Å². The second-order valence-corrected chi connectivity index (χ2v) is 4.36. The molecule has 0 atom stereocenters. The third-order valence-electron chi connectivity index (χ3n) is 3.02. The molecule has 1 aliphatic heterocycles. The summed E-state index contributed by atoms with van der Waals surface area (Å²) in [6.07, 6.45) is 1.53. The lowest BCUT2D eigenvalue weighted by Crippen LogP contribution is -1.98. The Bertz CT molecular complexity index is 719. The maximum atomic E-state index is 13.1. The van der Waals surface area contributed by atoms with Gasteiger partial charge >= 0.3 is 0 Å². The summed E-state index contributed by atoms with van der Waals surface area (Å²) in [6.45, 7) is 0. The molecular formula is C16H11FO3. The van der Waals surface area contributed by atoms with Crippen molar-refractivity contribution in [3.8, 4) is 11.5 Å². The molecule has 3 nitrogen and oxygen atoms in total. The van der Waals surface area contributed by atoms with Crippen LogP contribution >= 0.6 is 0 Å². The number of hydrogen-bond donors (Lipinski definition) is 0. The Morgan fingerprint density at radius 2 is 2.05 bits per heavy atom. The molecular weight excluding hydrogens is 259 g/mol. The van der Waals surface area contributed by atoms with Gasteiger partial charge in [-0.15, -0.1) is 0 Å². The number of fused-ring (bicyclic) bond motifs is 1. The van der Waals surface area contributed by atoms with E-state index in [2.05, 4.69) is 0 Å². The number of ether oxygens (including phenoxy) is 2. The number of rotatable bonds is 2. The Morgan fingerprint density at radius 1 is 1.20 bits per heavy atom. The molecule has 100 valence electrons. The predicted octanol–water partition coefficient (Wildman–Crippen LogP) is 3.45. The third kappa shape index (κ3) is 2.16. The number of Topliss-reactive ketones (excluding diaryl/α,β-unsaturated/α-hetero) is 1. The summed E-state index contributed by atoms with van der Waals surface area (Å²) in [7, 11) is 1.53. The second-order valence-electron chi connectivity index (χ2n) is 4.36. The maximum Gasteiger partial charge on any atom is 0.232 e. The van der Waals surface area contributed by atoms with Gasteiger partial charge in [0.15, 0.2) is 5.76 Å². The molecule has 2 aromatic rings. The lowest BCUT2D eigenvalue weighted by Gasteiger charge is -2.00. The van der Waals surface area contributed by atoms with Crippen LogP contribution in [0.1, 0.15) is 15.9 Å². The molecule has 1 aliphatic rings. The van der Waals surface area contributed by atoms with Crippen molar-refractivity contribution in [3.63, 3.8) is 0 Å². The van der Waals surface area contributed by atoms with Gasteiger partial charge < -0.3 is 9.47 Å². The molecule has 4 heteroatoms. The van der Waals surface area contributed by atoms with Gasteiger partial charge in [0, 0.05) is 0 Å². The minimum Gasteiger partial charge on any atom is -0.497 e. The van der Waals surface area contributed by atoms with Crippen molar-refractivity contribution in [2.24, 2.45) is 0 Å². The van der Waals surface area contributed by atoms with E-state index in [4.69, 9.17) is 9.47 Å². The second kappa shape index (κ2) is 4.81. The molecule has 0 saturated heterocycles. The lowest BCUT2D eigenvalue weighted by atomic mass is 10.1. The van der Waals surface area contributed by atoms with Gasteiger partial charge in [0.25, 0.3) is 0 Å². The van der Waals surface area contributed by atoms with E-state index < -0.39 is 0 Å². The molecule has 0 spiro atoms. The molecule has 3 rings (SSSR count). The van der Waals surface area contributed by atoms with Crippen molar-refractivity contribution < 1.29 is 18.7 Å². The highest BCUT2D eigenvalue weighted by molar-refractivity contribution is 6.14. The van der Waals surface area contributed by atoms with Gasteiger partial charge in [-0.3, -0.25) is 4.79 Å². The smallest absolute Gasteiger partial charge is 0.232 e. The van der Waals surface area contributed by atoms with E-state index in [1.807, 2.05) is 0 Å². The van der Waals surface area contributed by atoms with E-state index in [0.29, 0.717) is 22.6 Å². The number of benzene rings is 2. The third-order valence-corrected chi connectivity index (χ3v) is 3.02. The zero-order chi connectivity index (χ0) is 14.1. The van der Waals surface area contributed by atoms with Gasteiger partial charge in [0.2, 0.25) is 5.78 Å². The highest BCUT2D eigenvalue weighted by Gasteiger charge is 2.27. The van der Waals surface area contributed by atoms with E-state index in [9.17, 15) is 9.18 Å². The average molecular weight is 270 g/mol. The molecule has 2 aromatic carbocycles. The molecule has 0 radical (unpaired) electrons. The van der Waals surface area contributed by atoms with E-state index in [-0.39, 0.29) is 17.4 Å². The zero-order valence-electron chi connectivity index (χ0n) is 10.7. The van der Waals surface area contributed by atoms with Gasteiger partial charge in [-0.2, -0.15) is 0 Å². The van der Waals surface area contributed by atoms with Crippen LogP contribution in [-0.2, 0) is 0 Å². The molecule has 0 saturated carbocycles. The first kappa shape index (κ1) is 12.4. The van der Waals surface area contributed by atoms with Crippen LogP contribution in [0.15, 0.2) is 48.2 Å². The fraction of sp³-hybridized carbons (Fsp3) is 0.0625. The molecule has 20 heavy (non-hydrogen) atoms. The molecule has 0 aliphatic carbocycles. The average Bonchev–Trinajstić information content (AvgIpc) is 2.75. The van der Waals surface area contributed by atoms with Crippen LogP contribution < -0.4 is 9.47 Å². The Balaban J connectivity index is 1.97. The summed E-state index contributed by atoms with van der Waals surface area (Å²) in [5.41, 5.74) is 1.03. The largest absolute Gasteiger partial charge is 0.497 e. The number of methoxy groups -OCH3 is 1. The number of carbonyl (C=O) groups is 1. The summed E-state index contributed by atoms with van der Waals surface area (Å²) in [6, 6.07) is 11.0. The SMILES string of the molecule is COc1ccc2c(c1)C(=O)/C(=C\c1cccc(F)c1)O2. The summed E-state index contributed by atoms with van der Waals surface area (Å²) >= 11 is 0. The van der Waals surface area contributed by atoms with Crippen LogP contribution in [0.2, 0.25) is 0 Å². The Labute approximate surface area is 115 Å². The molecule has 0 aromatic heterocycles. The van der Waals surface area contributed by atoms with Crippen LogP contribution in [0, 0.1) is 5.82 Å². The van der Waals surface area contributed by atoms with Gasteiger partial charge in [0.1, 0.15) is 17.3 Å². The van der Waals surface area contributed by atoms with Crippen LogP contribution in [0.3, 0.4) is 0 Å². The first-order valence-electron chi connectivity index (χ1n) is 6.05. The van der Waals surface area contributed by atoms with Gasteiger partial charge in [-0.25, -0.2) is 4.39 Å². The van der Waals surface area contributed by atoms with Crippen LogP contribution in [0.5, 0.6) is 11.5 Å². The minimum absolute atomic E-state index is 0.179. The predicted molar refractivity (Wildman–Crippen MR) is 72.3 cm³/mol. The quantitative estimate of drug-likeness (QED) is 0.784. The van der Waals surface area contributed by atoms with Gasteiger partial charge in [-0.05, 0) is 42.0 Å². The Hall–Kier alpha value is -2.62. The number of hydrogen-bond acceptors (Lipinski definition) is 3.